The maximum absolute atomic E-state index is 12.3. The average molecular weight is 338 g/mol. The van der Waals surface area contributed by atoms with Gasteiger partial charge in [0.05, 0.1) is 19.8 Å². The number of nitrogens with one attached hydrogen (secondary N) is 1. The minimum absolute atomic E-state index is 0.287. The van der Waals surface area contributed by atoms with Crippen LogP contribution >= 0.6 is 0 Å². The van der Waals surface area contributed by atoms with Crippen molar-refractivity contribution >= 4 is 12.0 Å². The molecule has 0 bridgehead atoms. The minimum atomic E-state index is -0.553. The Morgan fingerprint density at radius 3 is 2.38 bits per heavy atom. The first-order valence-electron chi connectivity index (χ1n) is 7.63. The third-order valence-corrected chi connectivity index (χ3v) is 3.09. The fraction of sp³-hybridized carbons (Fsp3) is 0.529. The summed E-state index contributed by atoms with van der Waals surface area (Å²) in [6.07, 6.45) is -0.435. The third-order valence-electron chi connectivity index (χ3n) is 3.09. The van der Waals surface area contributed by atoms with E-state index in [1.807, 2.05) is 0 Å². The Morgan fingerprint density at radius 2 is 1.83 bits per heavy atom. The monoisotopic (exact) mass is 338 g/mol. The zero-order chi connectivity index (χ0) is 18.3. The highest BCUT2D eigenvalue weighted by atomic mass is 16.6. The summed E-state index contributed by atoms with van der Waals surface area (Å²) in [5.74, 6) is 0.553. The van der Waals surface area contributed by atoms with Crippen LogP contribution < -0.4 is 14.8 Å². The normalized spacial score (nSPS) is 10.8. The first kappa shape index (κ1) is 19.6. The predicted octanol–water partition coefficient (Wildman–Crippen LogP) is 2.30. The molecule has 1 aromatic carbocycles. The number of rotatable bonds is 6. The molecule has 0 unspecified atom stereocenters. The second kappa shape index (κ2) is 8.42. The quantitative estimate of drug-likeness (QED) is 0.861. The second-order valence-corrected chi connectivity index (χ2v) is 6.20. The maximum Gasteiger partial charge on any atom is 0.410 e. The lowest BCUT2D eigenvalue weighted by Crippen LogP contribution is -2.39. The van der Waals surface area contributed by atoms with Crippen molar-refractivity contribution in [2.24, 2.45) is 0 Å². The molecule has 0 aromatic heterocycles. The van der Waals surface area contributed by atoms with Crippen molar-refractivity contribution in [1.29, 1.82) is 0 Å². The van der Waals surface area contributed by atoms with Crippen LogP contribution in [0.4, 0.5) is 4.79 Å². The molecule has 0 aliphatic heterocycles. The SMILES string of the molecule is COc1cccc(C(=O)NCCN(C)C(=O)OC(C)(C)C)c1OC. The summed E-state index contributed by atoms with van der Waals surface area (Å²) in [6.45, 7) is 6.02. The molecule has 0 heterocycles. The lowest BCUT2D eigenvalue weighted by Gasteiger charge is -2.24. The molecule has 134 valence electrons. The van der Waals surface area contributed by atoms with Crippen LogP contribution in [0.2, 0.25) is 0 Å². The maximum atomic E-state index is 12.3. The molecule has 24 heavy (non-hydrogen) atoms. The van der Waals surface area contributed by atoms with E-state index in [2.05, 4.69) is 5.32 Å². The first-order valence-corrected chi connectivity index (χ1v) is 7.63. The Hall–Kier alpha value is -2.44. The molecule has 1 rings (SSSR count). The van der Waals surface area contributed by atoms with Crippen LogP contribution in [0.3, 0.4) is 0 Å². The van der Waals surface area contributed by atoms with Crippen molar-refractivity contribution in [3.8, 4) is 11.5 Å². The fourth-order valence-electron chi connectivity index (χ4n) is 1.93. The molecule has 1 N–H and O–H groups in total. The van der Waals surface area contributed by atoms with E-state index in [9.17, 15) is 9.59 Å². The zero-order valence-electron chi connectivity index (χ0n) is 15.1. The summed E-state index contributed by atoms with van der Waals surface area (Å²) in [5.41, 5.74) is -0.181. The number of hydrogen-bond acceptors (Lipinski definition) is 5. The van der Waals surface area contributed by atoms with Gasteiger partial charge in [-0.1, -0.05) is 6.07 Å². The highest BCUT2D eigenvalue weighted by molar-refractivity contribution is 5.97. The third kappa shape index (κ3) is 5.64. The van der Waals surface area contributed by atoms with Crippen LogP contribution in [0.15, 0.2) is 18.2 Å². The summed E-state index contributed by atoms with van der Waals surface area (Å²) >= 11 is 0. The number of carbonyl (C=O) groups excluding carboxylic acids is 2. The summed E-state index contributed by atoms with van der Waals surface area (Å²) in [7, 11) is 4.60. The molecule has 0 fully saturated rings. The lowest BCUT2D eigenvalue weighted by molar-refractivity contribution is 0.0299. The average Bonchev–Trinajstić information content (AvgIpc) is 2.51. The van der Waals surface area contributed by atoms with Crippen molar-refractivity contribution in [2.45, 2.75) is 26.4 Å². The molecule has 0 radical (unpaired) electrons. The van der Waals surface area contributed by atoms with Crippen LogP contribution in [0.25, 0.3) is 0 Å². The molecule has 0 saturated carbocycles. The van der Waals surface area contributed by atoms with Crippen molar-refractivity contribution in [1.82, 2.24) is 10.2 Å². The highest BCUT2D eigenvalue weighted by Crippen LogP contribution is 2.30. The highest BCUT2D eigenvalue weighted by Gasteiger charge is 2.20. The van der Waals surface area contributed by atoms with Crippen LogP contribution in [-0.4, -0.2) is 56.9 Å². The number of methoxy groups -OCH3 is 2. The van der Waals surface area contributed by atoms with E-state index < -0.39 is 11.7 Å². The summed E-state index contributed by atoms with van der Waals surface area (Å²) < 4.78 is 15.7. The van der Waals surface area contributed by atoms with Gasteiger partial charge >= 0.3 is 6.09 Å². The van der Waals surface area contributed by atoms with Gasteiger partial charge in [0.2, 0.25) is 0 Å². The molecule has 7 heteroatoms. The number of amides is 2. The van der Waals surface area contributed by atoms with Gasteiger partial charge in [0, 0.05) is 20.1 Å². The van der Waals surface area contributed by atoms with Gasteiger partial charge in [-0.2, -0.15) is 0 Å². The van der Waals surface area contributed by atoms with Gasteiger partial charge in [0.25, 0.3) is 5.91 Å². The number of nitrogens with zero attached hydrogens (tertiary/aromatic N) is 1. The van der Waals surface area contributed by atoms with Crippen molar-refractivity contribution in [3.63, 3.8) is 0 Å². The van der Waals surface area contributed by atoms with Gasteiger partial charge in [-0.05, 0) is 32.9 Å². The molecular weight excluding hydrogens is 312 g/mol. The van der Waals surface area contributed by atoms with E-state index in [0.29, 0.717) is 23.6 Å². The first-order chi connectivity index (χ1) is 11.2. The van der Waals surface area contributed by atoms with Crippen LogP contribution in [-0.2, 0) is 4.74 Å². The van der Waals surface area contributed by atoms with Gasteiger partial charge in [0.15, 0.2) is 11.5 Å². The molecule has 0 spiro atoms. The minimum Gasteiger partial charge on any atom is -0.493 e. The van der Waals surface area contributed by atoms with E-state index in [-0.39, 0.29) is 12.5 Å². The summed E-state index contributed by atoms with van der Waals surface area (Å²) in [5, 5.41) is 2.75. The predicted molar refractivity (Wildman–Crippen MR) is 90.7 cm³/mol. The Labute approximate surface area is 142 Å². The van der Waals surface area contributed by atoms with E-state index in [4.69, 9.17) is 14.2 Å². The van der Waals surface area contributed by atoms with Crippen molar-refractivity contribution in [3.05, 3.63) is 23.8 Å². The van der Waals surface area contributed by atoms with E-state index in [1.165, 1.54) is 19.1 Å². The molecule has 1 aromatic rings. The van der Waals surface area contributed by atoms with E-state index in [1.54, 1.807) is 46.0 Å². The van der Waals surface area contributed by atoms with E-state index >= 15 is 0 Å². The van der Waals surface area contributed by atoms with Gasteiger partial charge in [-0.25, -0.2) is 4.79 Å². The fourth-order valence-corrected chi connectivity index (χ4v) is 1.93. The largest absolute Gasteiger partial charge is 0.493 e. The summed E-state index contributed by atoms with van der Waals surface area (Å²) in [4.78, 5) is 25.5. The Bertz CT molecular complexity index is 581. The molecule has 2 amide bonds. The van der Waals surface area contributed by atoms with Gasteiger partial charge in [-0.3, -0.25) is 4.79 Å². The van der Waals surface area contributed by atoms with E-state index in [0.717, 1.165) is 0 Å². The molecular formula is C17H26N2O5. The molecule has 0 atom stereocenters. The molecule has 0 aliphatic carbocycles. The number of para-hydroxylation sites is 1. The smallest absolute Gasteiger partial charge is 0.410 e. The number of benzene rings is 1. The Balaban J connectivity index is 2.60. The standard InChI is InChI=1S/C17H26N2O5/c1-17(2,3)24-16(21)19(4)11-10-18-15(20)12-8-7-9-13(22-5)14(12)23-6/h7-9H,10-11H2,1-6H3,(H,18,20). The Morgan fingerprint density at radius 1 is 1.17 bits per heavy atom. The van der Waals surface area contributed by atoms with Crippen LogP contribution in [0.5, 0.6) is 11.5 Å². The van der Waals surface area contributed by atoms with Gasteiger partial charge in [-0.15, -0.1) is 0 Å². The number of ether oxygens (including phenoxy) is 3. The van der Waals surface area contributed by atoms with Crippen molar-refractivity contribution < 1.29 is 23.8 Å². The van der Waals surface area contributed by atoms with Crippen LogP contribution in [0, 0.1) is 0 Å². The van der Waals surface area contributed by atoms with Crippen molar-refractivity contribution in [2.75, 3.05) is 34.4 Å². The number of carbonyl (C=O) groups is 2. The van der Waals surface area contributed by atoms with Gasteiger partial charge in [0.1, 0.15) is 5.60 Å². The summed E-state index contributed by atoms with van der Waals surface area (Å²) in [6, 6.07) is 5.07. The molecule has 0 saturated heterocycles. The zero-order valence-corrected chi connectivity index (χ0v) is 15.1. The second-order valence-electron chi connectivity index (χ2n) is 6.20. The van der Waals surface area contributed by atoms with Crippen LogP contribution in [0.1, 0.15) is 31.1 Å². The number of likely N-dealkylation sites (N-methyl/N-ethyl adjacent to an activating group) is 1. The Kier molecular flexibility index (Phi) is 6.88. The lowest BCUT2D eigenvalue weighted by atomic mass is 10.1. The molecule has 7 nitrogen and oxygen atoms in total. The number of hydrogen-bond donors (Lipinski definition) is 1. The van der Waals surface area contributed by atoms with Gasteiger partial charge < -0.3 is 24.4 Å². The molecule has 0 aliphatic rings. The topological polar surface area (TPSA) is 77.1 Å².